The molecule has 134 valence electrons. The third-order valence-electron chi connectivity index (χ3n) is 3.71. The molecule has 3 aromatic rings. The van der Waals surface area contributed by atoms with Gasteiger partial charge in [0.05, 0.1) is 30.0 Å². The van der Waals surface area contributed by atoms with Gasteiger partial charge in [0.1, 0.15) is 18.1 Å². The minimum atomic E-state index is -0.722. The van der Waals surface area contributed by atoms with E-state index in [1.165, 1.54) is 36.6 Å². The van der Waals surface area contributed by atoms with Crippen LogP contribution >= 0.6 is 11.3 Å². The maximum absolute atomic E-state index is 13.8. The number of esters is 1. The molecule has 0 fully saturated rings. The van der Waals surface area contributed by atoms with Crippen LogP contribution in [0.2, 0.25) is 0 Å². The highest BCUT2D eigenvalue weighted by Gasteiger charge is 2.14. The number of amides is 1. The van der Waals surface area contributed by atoms with Crippen LogP contribution in [0.15, 0.2) is 47.5 Å². The molecule has 0 aliphatic heterocycles. The van der Waals surface area contributed by atoms with Crippen molar-refractivity contribution in [3.8, 4) is 5.75 Å². The van der Waals surface area contributed by atoms with E-state index in [2.05, 4.69) is 4.99 Å². The van der Waals surface area contributed by atoms with E-state index in [1.807, 2.05) is 0 Å². The number of rotatable bonds is 4. The standard InChI is InChI=1S/C18H15FN2O4S/c1-24-11-7-8-14-15(9-11)26-18(21(14)10-16(22)25-2)20-17(23)12-5-3-4-6-13(12)19/h3-9H,10H2,1-2H3. The number of hydrogen-bond acceptors (Lipinski definition) is 5. The van der Waals surface area contributed by atoms with Crippen LogP contribution in [0.1, 0.15) is 10.4 Å². The molecule has 0 unspecified atom stereocenters. The van der Waals surface area contributed by atoms with E-state index in [-0.39, 0.29) is 16.9 Å². The molecule has 0 saturated heterocycles. The van der Waals surface area contributed by atoms with Crippen LogP contribution in [0.3, 0.4) is 0 Å². The lowest BCUT2D eigenvalue weighted by molar-refractivity contribution is -0.141. The second kappa shape index (κ2) is 7.49. The van der Waals surface area contributed by atoms with Gasteiger partial charge in [0.15, 0.2) is 4.80 Å². The lowest BCUT2D eigenvalue weighted by Crippen LogP contribution is -2.22. The molecule has 0 aliphatic carbocycles. The summed E-state index contributed by atoms with van der Waals surface area (Å²) in [6.07, 6.45) is 0. The molecule has 0 radical (unpaired) electrons. The molecular weight excluding hydrogens is 359 g/mol. The predicted octanol–water partition coefficient (Wildman–Crippen LogP) is 2.76. The van der Waals surface area contributed by atoms with Gasteiger partial charge < -0.3 is 14.0 Å². The average molecular weight is 374 g/mol. The average Bonchev–Trinajstić information content (AvgIpc) is 2.97. The van der Waals surface area contributed by atoms with Gasteiger partial charge in [0.25, 0.3) is 5.91 Å². The first-order chi connectivity index (χ1) is 12.5. The van der Waals surface area contributed by atoms with Crippen molar-refractivity contribution >= 4 is 33.4 Å². The molecule has 8 heteroatoms. The summed E-state index contributed by atoms with van der Waals surface area (Å²) in [7, 11) is 2.83. The predicted molar refractivity (Wildman–Crippen MR) is 94.7 cm³/mol. The highest BCUT2D eigenvalue weighted by Crippen LogP contribution is 2.23. The van der Waals surface area contributed by atoms with E-state index in [4.69, 9.17) is 9.47 Å². The molecule has 26 heavy (non-hydrogen) atoms. The second-order valence-corrected chi connectivity index (χ2v) is 6.29. The van der Waals surface area contributed by atoms with Crippen LogP contribution in [0.5, 0.6) is 5.75 Å². The lowest BCUT2D eigenvalue weighted by atomic mass is 10.2. The molecule has 0 saturated carbocycles. The van der Waals surface area contributed by atoms with Crippen molar-refractivity contribution < 1.29 is 23.5 Å². The fourth-order valence-electron chi connectivity index (χ4n) is 2.39. The molecule has 0 aliphatic rings. The Kier molecular flexibility index (Phi) is 5.13. The number of hydrogen-bond donors (Lipinski definition) is 0. The number of fused-ring (bicyclic) bond motifs is 1. The molecule has 6 nitrogen and oxygen atoms in total. The van der Waals surface area contributed by atoms with Gasteiger partial charge in [-0.3, -0.25) is 9.59 Å². The molecular formula is C18H15FN2O4S. The summed E-state index contributed by atoms with van der Waals surface area (Å²) in [6, 6.07) is 10.9. The fraction of sp³-hybridized carbons (Fsp3) is 0.167. The van der Waals surface area contributed by atoms with Gasteiger partial charge in [0.2, 0.25) is 0 Å². The number of ether oxygens (including phenoxy) is 2. The first kappa shape index (κ1) is 17.8. The van der Waals surface area contributed by atoms with Crippen molar-refractivity contribution in [2.75, 3.05) is 14.2 Å². The Morgan fingerprint density at radius 3 is 2.65 bits per heavy atom. The summed E-state index contributed by atoms with van der Waals surface area (Å²) in [6.45, 7) is -0.119. The van der Waals surface area contributed by atoms with Gasteiger partial charge in [-0.2, -0.15) is 4.99 Å². The third kappa shape index (κ3) is 3.50. The van der Waals surface area contributed by atoms with Gasteiger partial charge >= 0.3 is 5.97 Å². The number of thiazole rings is 1. The Bertz CT molecular complexity index is 1050. The van der Waals surface area contributed by atoms with Crippen molar-refractivity contribution in [3.63, 3.8) is 0 Å². The number of aromatic nitrogens is 1. The minimum absolute atomic E-state index is 0.119. The summed E-state index contributed by atoms with van der Waals surface area (Å²) < 4.78 is 26.1. The zero-order valence-electron chi connectivity index (χ0n) is 14.1. The number of halogens is 1. The third-order valence-corrected chi connectivity index (χ3v) is 4.75. The Morgan fingerprint density at radius 1 is 1.19 bits per heavy atom. The molecule has 0 spiro atoms. The summed E-state index contributed by atoms with van der Waals surface area (Å²) in [5.41, 5.74) is 0.563. The van der Waals surface area contributed by atoms with E-state index in [9.17, 15) is 14.0 Å². The smallest absolute Gasteiger partial charge is 0.325 e. The van der Waals surface area contributed by atoms with Crippen LogP contribution in [-0.2, 0) is 16.1 Å². The van der Waals surface area contributed by atoms with Gasteiger partial charge in [-0.1, -0.05) is 23.5 Å². The lowest BCUT2D eigenvalue weighted by Gasteiger charge is -2.04. The molecule has 0 bridgehead atoms. The largest absolute Gasteiger partial charge is 0.497 e. The van der Waals surface area contributed by atoms with Crippen LogP contribution in [0.4, 0.5) is 4.39 Å². The van der Waals surface area contributed by atoms with Crippen molar-refractivity contribution in [2.24, 2.45) is 4.99 Å². The minimum Gasteiger partial charge on any atom is -0.497 e. The van der Waals surface area contributed by atoms with Crippen molar-refractivity contribution in [2.45, 2.75) is 6.54 Å². The van der Waals surface area contributed by atoms with Crippen molar-refractivity contribution in [3.05, 3.63) is 58.6 Å². The number of carbonyl (C=O) groups excluding carboxylic acids is 2. The van der Waals surface area contributed by atoms with Gasteiger partial charge in [-0.05, 0) is 30.3 Å². The quantitative estimate of drug-likeness (QED) is 0.659. The zero-order chi connectivity index (χ0) is 18.7. The monoisotopic (exact) mass is 374 g/mol. The first-order valence-electron chi connectivity index (χ1n) is 7.61. The first-order valence-corrected chi connectivity index (χ1v) is 8.43. The van der Waals surface area contributed by atoms with Crippen LogP contribution < -0.4 is 9.54 Å². The molecule has 1 heterocycles. The van der Waals surface area contributed by atoms with Crippen LogP contribution in [0.25, 0.3) is 10.2 Å². The van der Waals surface area contributed by atoms with Crippen LogP contribution in [-0.4, -0.2) is 30.7 Å². The highest BCUT2D eigenvalue weighted by molar-refractivity contribution is 7.16. The Balaban J connectivity index is 2.16. The van der Waals surface area contributed by atoms with E-state index in [1.54, 1.807) is 35.9 Å². The maximum Gasteiger partial charge on any atom is 0.325 e. The molecule has 2 aromatic carbocycles. The Morgan fingerprint density at radius 2 is 1.96 bits per heavy atom. The summed E-state index contributed by atoms with van der Waals surface area (Å²) >= 11 is 1.20. The fourth-order valence-corrected chi connectivity index (χ4v) is 3.45. The Labute approximate surface area is 152 Å². The maximum atomic E-state index is 13.8. The molecule has 1 amide bonds. The topological polar surface area (TPSA) is 69.9 Å². The number of carbonyl (C=O) groups is 2. The van der Waals surface area contributed by atoms with Crippen molar-refractivity contribution in [1.82, 2.24) is 4.57 Å². The second-order valence-electron chi connectivity index (χ2n) is 5.28. The molecule has 0 atom stereocenters. The molecule has 1 aromatic heterocycles. The molecule has 0 N–H and O–H groups in total. The summed E-state index contributed by atoms with van der Waals surface area (Å²) in [5, 5.41) is 0. The highest BCUT2D eigenvalue weighted by atomic mass is 32.1. The number of methoxy groups -OCH3 is 2. The van der Waals surface area contributed by atoms with Gasteiger partial charge in [-0.25, -0.2) is 4.39 Å². The van der Waals surface area contributed by atoms with E-state index in [0.717, 1.165) is 4.70 Å². The van der Waals surface area contributed by atoms with E-state index < -0.39 is 17.7 Å². The SMILES string of the molecule is COC(=O)Cn1c(=NC(=O)c2ccccc2F)sc2cc(OC)ccc21. The number of benzene rings is 2. The van der Waals surface area contributed by atoms with Gasteiger partial charge in [0, 0.05) is 0 Å². The van der Waals surface area contributed by atoms with Crippen LogP contribution in [0, 0.1) is 5.82 Å². The van der Waals surface area contributed by atoms with E-state index >= 15 is 0 Å². The number of nitrogens with zero attached hydrogens (tertiary/aromatic N) is 2. The van der Waals surface area contributed by atoms with Crippen molar-refractivity contribution in [1.29, 1.82) is 0 Å². The Hall–Kier alpha value is -3.00. The zero-order valence-corrected chi connectivity index (χ0v) is 14.9. The molecule has 3 rings (SSSR count). The summed E-state index contributed by atoms with van der Waals surface area (Å²) in [5.74, 6) is -1.22. The van der Waals surface area contributed by atoms with E-state index in [0.29, 0.717) is 11.3 Å². The normalized spacial score (nSPS) is 11.6. The summed E-state index contributed by atoms with van der Waals surface area (Å²) in [4.78, 5) is 28.4. The van der Waals surface area contributed by atoms with Gasteiger partial charge in [-0.15, -0.1) is 0 Å².